The van der Waals surface area contributed by atoms with Crippen LogP contribution in [0.5, 0.6) is 5.75 Å². The Bertz CT molecular complexity index is 1840. The first-order valence-corrected chi connectivity index (χ1v) is 13.5. The molecule has 40 heavy (non-hydrogen) atoms. The molecule has 3 aromatic carbocycles. The number of hydrogen-bond acceptors (Lipinski definition) is 6. The van der Waals surface area contributed by atoms with E-state index in [1.54, 1.807) is 25.4 Å². The first-order valence-electron chi connectivity index (χ1n) is 13.5. The molecule has 1 fully saturated rings. The van der Waals surface area contributed by atoms with Gasteiger partial charge in [0.25, 0.3) is 0 Å². The number of oxazole rings is 1. The van der Waals surface area contributed by atoms with E-state index in [-0.39, 0.29) is 11.7 Å². The zero-order valence-electron chi connectivity index (χ0n) is 22.4. The lowest BCUT2D eigenvalue weighted by molar-refractivity contribution is 0.182. The third-order valence-electron chi connectivity index (χ3n) is 7.80. The summed E-state index contributed by atoms with van der Waals surface area (Å²) in [5, 5.41) is 14.3. The van der Waals surface area contributed by atoms with Gasteiger partial charge in [-0.05, 0) is 61.9 Å². The fourth-order valence-corrected chi connectivity index (χ4v) is 5.80. The predicted octanol–water partition coefficient (Wildman–Crippen LogP) is 6.30. The largest absolute Gasteiger partial charge is 0.496 e. The molecule has 1 aliphatic rings. The van der Waals surface area contributed by atoms with E-state index in [0.29, 0.717) is 17.9 Å². The predicted molar refractivity (Wildman–Crippen MR) is 152 cm³/mol. The molecule has 0 spiro atoms. The Morgan fingerprint density at radius 1 is 1.12 bits per heavy atom. The maximum absolute atomic E-state index is 14.5. The highest BCUT2D eigenvalue weighted by Gasteiger charge is 2.27. The molecule has 1 aliphatic heterocycles. The van der Waals surface area contributed by atoms with Crippen molar-refractivity contribution in [2.75, 3.05) is 20.2 Å². The molecular weight excluding hydrogens is 507 g/mol. The molecule has 7 rings (SSSR count). The van der Waals surface area contributed by atoms with Crippen LogP contribution in [-0.2, 0) is 13.6 Å². The first kappa shape index (κ1) is 24.5. The number of aryl methyl sites for hydroxylation is 1. The van der Waals surface area contributed by atoms with E-state index in [1.165, 1.54) is 6.07 Å². The van der Waals surface area contributed by atoms with Gasteiger partial charge in [0.2, 0.25) is 0 Å². The van der Waals surface area contributed by atoms with E-state index in [0.717, 1.165) is 76.2 Å². The molecule has 1 N–H and O–H groups in total. The highest BCUT2D eigenvalue weighted by atomic mass is 19.1. The fourth-order valence-electron chi connectivity index (χ4n) is 5.80. The zero-order valence-corrected chi connectivity index (χ0v) is 22.4. The number of methoxy groups -OCH3 is 1. The van der Waals surface area contributed by atoms with Gasteiger partial charge in [0.05, 0.1) is 30.0 Å². The smallest absolute Gasteiger partial charge is 0.199 e. The number of likely N-dealkylation sites (tertiary alicyclic amines) is 1. The number of nitrogens with zero attached hydrogens (tertiary/aromatic N) is 5. The minimum absolute atomic E-state index is 0.139. The first-order chi connectivity index (χ1) is 19.6. The lowest BCUT2D eigenvalue weighted by Gasteiger charge is -2.31. The number of aromatic nitrogens is 5. The van der Waals surface area contributed by atoms with Crippen molar-refractivity contribution in [3.05, 3.63) is 84.3 Å². The number of aromatic amines is 1. The molecule has 1 atom stereocenters. The Balaban J connectivity index is 1.14. The van der Waals surface area contributed by atoms with Crippen molar-refractivity contribution in [1.82, 2.24) is 29.9 Å². The van der Waals surface area contributed by atoms with Crippen LogP contribution in [0.3, 0.4) is 0 Å². The fraction of sp³-hybridized carbons (Fsp3) is 0.258. The SMILES string of the molecule is COc1cccc(F)c1CN1CCC[C@@H](c2ncc(-c3ccc4[nH]nc(-c5ccc6nn(C)cc6c5)c4c3)o2)C1. The normalized spacial score (nSPS) is 16.2. The summed E-state index contributed by atoms with van der Waals surface area (Å²) >= 11 is 0. The van der Waals surface area contributed by atoms with Crippen LogP contribution in [0.15, 0.2) is 71.4 Å². The Labute approximate surface area is 230 Å². The average molecular weight is 537 g/mol. The molecule has 4 heterocycles. The minimum Gasteiger partial charge on any atom is -0.496 e. The maximum Gasteiger partial charge on any atom is 0.199 e. The van der Waals surface area contributed by atoms with Crippen LogP contribution in [0.4, 0.5) is 4.39 Å². The van der Waals surface area contributed by atoms with Crippen LogP contribution in [0, 0.1) is 5.82 Å². The second kappa shape index (κ2) is 9.91. The lowest BCUT2D eigenvalue weighted by Crippen LogP contribution is -2.34. The number of halogens is 1. The van der Waals surface area contributed by atoms with Gasteiger partial charge >= 0.3 is 0 Å². The van der Waals surface area contributed by atoms with Gasteiger partial charge in [-0.2, -0.15) is 10.2 Å². The van der Waals surface area contributed by atoms with Crippen molar-refractivity contribution in [1.29, 1.82) is 0 Å². The Kier molecular flexibility index (Phi) is 6.08. The molecule has 0 unspecified atom stereocenters. The summed E-state index contributed by atoms with van der Waals surface area (Å²) in [6.45, 7) is 2.14. The Hall–Kier alpha value is -4.50. The highest BCUT2D eigenvalue weighted by Crippen LogP contribution is 2.35. The summed E-state index contributed by atoms with van der Waals surface area (Å²) in [5.74, 6) is 1.92. The van der Waals surface area contributed by atoms with Crippen LogP contribution in [0.1, 0.15) is 30.2 Å². The number of nitrogens with one attached hydrogen (secondary N) is 1. The summed E-state index contributed by atoms with van der Waals surface area (Å²) in [6, 6.07) is 17.3. The van der Waals surface area contributed by atoms with Crippen molar-refractivity contribution >= 4 is 21.8 Å². The van der Waals surface area contributed by atoms with E-state index in [1.807, 2.05) is 36.1 Å². The van der Waals surface area contributed by atoms with E-state index < -0.39 is 0 Å². The van der Waals surface area contributed by atoms with Crippen LogP contribution in [0.2, 0.25) is 0 Å². The quantitative estimate of drug-likeness (QED) is 0.269. The highest BCUT2D eigenvalue weighted by molar-refractivity contribution is 5.97. The van der Waals surface area contributed by atoms with Crippen LogP contribution < -0.4 is 4.74 Å². The zero-order chi connectivity index (χ0) is 27.2. The molecule has 0 aliphatic carbocycles. The molecule has 0 bridgehead atoms. The van der Waals surface area contributed by atoms with Crippen molar-refractivity contribution in [3.63, 3.8) is 0 Å². The number of fused-ring (bicyclic) bond motifs is 2. The minimum atomic E-state index is -0.241. The molecule has 3 aromatic heterocycles. The maximum atomic E-state index is 14.5. The van der Waals surface area contributed by atoms with E-state index >= 15 is 0 Å². The van der Waals surface area contributed by atoms with Crippen molar-refractivity contribution < 1.29 is 13.5 Å². The number of benzene rings is 3. The lowest BCUT2D eigenvalue weighted by atomic mass is 9.97. The Morgan fingerprint density at radius 2 is 2.02 bits per heavy atom. The van der Waals surface area contributed by atoms with E-state index in [9.17, 15) is 4.39 Å². The van der Waals surface area contributed by atoms with Crippen LogP contribution >= 0.6 is 0 Å². The molecule has 8 nitrogen and oxygen atoms in total. The molecular formula is C31H29FN6O2. The molecule has 202 valence electrons. The number of H-pyrrole nitrogens is 1. The van der Waals surface area contributed by atoms with Gasteiger partial charge in [-0.25, -0.2) is 9.37 Å². The van der Waals surface area contributed by atoms with Gasteiger partial charge in [-0.3, -0.25) is 14.7 Å². The summed E-state index contributed by atoms with van der Waals surface area (Å²) in [6.07, 6.45) is 5.78. The second-order valence-electron chi connectivity index (χ2n) is 10.5. The van der Waals surface area contributed by atoms with Gasteiger partial charge < -0.3 is 9.15 Å². The summed E-state index contributed by atoms with van der Waals surface area (Å²) in [5.41, 5.74) is 5.35. The van der Waals surface area contributed by atoms with Gasteiger partial charge in [-0.1, -0.05) is 12.1 Å². The monoisotopic (exact) mass is 536 g/mol. The van der Waals surface area contributed by atoms with Gasteiger partial charge in [0, 0.05) is 59.7 Å². The number of ether oxygens (including phenoxy) is 1. The third kappa shape index (κ3) is 4.42. The molecule has 9 heteroatoms. The van der Waals surface area contributed by atoms with Crippen molar-refractivity contribution in [2.24, 2.45) is 7.05 Å². The molecule has 0 radical (unpaired) electrons. The molecule has 0 saturated carbocycles. The topological polar surface area (TPSA) is 85.0 Å². The van der Waals surface area contributed by atoms with Crippen LogP contribution in [0.25, 0.3) is 44.4 Å². The van der Waals surface area contributed by atoms with E-state index in [4.69, 9.17) is 9.15 Å². The van der Waals surface area contributed by atoms with Gasteiger partial charge in [0.15, 0.2) is 11.7 Å². The van der Waals surface area contributed by atoms with Gasteiger partial charge in [-0.15, -0.1) is 0 Å². The number of hydrogen-bond donors (Lipinski definition) is 1. The molecule has 0 amide bonds. The Morgan fingerprint density at radius 3 is 2.92 bits per heavy atom. The summed E-state index contributed by atoms with van der Waals surface area (Å²) in [7, 11) is 3.50. The van der Waals surface area contributed by atoms with Gasteiger partial charge in [0.1, 0.15) is 11.6 Å². The summed E-state index contributed by atoms with van der Waals surface area (Å²) in [4.78, 5) is 6.92. The number of rotatable bonds is 6. The molecule has 1 saturated heterocycles. The standard InChI is InChI=1S/C31H29FN6O2/c1-37-16-22-13-20(9-10-26(22)36-37)30-23-14-19(8-11-27(23)34-35-30)29-15-33-31(40-29)21-5-4-12-38(17-21)18-24-25(32)6-3-7-28(24)39-2/h3,6-11,13-16,21H,4-5,12,17-18H2,1-2H3,(H,34,35)/t21-/m1/s1. The third-order valence-corrected chi connectivity index (χ3v) is 7.80. The number of piperidine rings is 1. The molecule has 6 aromatic rings. The average Bonchev–Trinajstić information content (AvgIpc) is 3.71. The van der Waals surface area contributed by atoms with Crippen LogP contribution in [-0.4, -0.2) is 50.1 Å². The van der Waals surface area contributed by atoms with E-state index in [2.05, 4.69) is 43.4 Å². The second-order valence-corrected chi connectivity index (χ2v) is 10.5. The van der Waals surface area contributed by atoms with Crippen molar-refractivity contribution in [2.45, 2.75) is 25.3 Å². The van der Waals surface area contributed by atoms with Crippen molar-refractivity contribution in [3.8, 4) is 28.3 Å². The summed E-state index contributed by atoms with van der Waals surface area (Å²) < 4.78 is 28.1.